The SMILES string of the molecule is O=C([O-])C1CCC[C@H](OCc2ccccc2)C1. The van der Waals surface area contributed by atoms with Gasteiger partial charge in [-0.3, -0.25) is 0 Å². The summed E-state index contributed by atoms with van der Waals surface area (Å²) in [4.78, 5) is 10.8. The van der Waals surface area contributed by atoms with Gasteiger partial charge in [-0.25, -0.2) is 0 Å². The molecule has 0 aliphatic heterocycles. The van der Waals surface area contributed by atoms with Crippen LogP contribution in [0.25, 0.3) is 0 Å². The molecule has 0 aromatic heterocycles. The molecule has 0 saturated heterocycles. The number of benzene rings is 1. The number of carbonyl (C=O) groups is 1. The van der Waals surface area contributed by atoms with Crippen LogP contribution in [-0.2, 0) is 16.1 Å². The maximum absolute atomic E-state index is 10.8. The zero-order valence-corrected chi connectivity index (χ0v) is 9.80. The Morgan fingerprint density at radius 2 is 2.06 bits per heavy atom. The summed E-state index contributed by atoms with van der Waals surface area (Å²) in [6.45, 7) is 0.561. The number of carboxylic acid groups (broad SMARTS) is 1. The molecule has 0 bridgehead atoms. The highest BCUT2D eigenvalue weighted by molar-refractivity contribution is 5.67. The number of rotatable bonds is 4. The summed E-state index contributed by atoms with van der Waals surface area (Å²) in [5.74, 6) is -1.26. The highest BCUT2D eigenvalue weighted by Crippen LogP contribution is 2.26. The van der Waals surface area contributed by atoms with E-state index in [-0.39, 0.29) is 12.0 Å². The number of aliphatic carboxylic acids is 1. The van der Waals surface area contributed by atoms with Crippen LogP contribution in [0.1, 0.15) is 31.2 Å². The first-order valence-electron chi connectivity index (χ1n) is 6.12. The monoisotopic (exact) mass is 233 g/mol. The molecular formula is C14H17O3-. The third-order valence-electron chi connectivity index (χ3n) is 3.29. The van der Waals surface area contributed by atoms with Crippen LogP contribution in [0.5, 0.6) is 0 Å². The molecular weight excluding hydrogens is 216 g/mol. The lowest BCUT2D eigenvalue weighted by Gasteiger charge is -2.29. The van der Waals surface area contributed by atoms with Crippen LogP contribution in [0.4, 0.5) is 0 Å². The summed E-state index contributed by atoms with van der Waals surface area (Å²) < 4.78 is 5.76. The lowest BCUT2D eigenvalue weighted by molar-refractivity contribution is -0.313. The van der Waals surface area contributed by atoms with E-state index in [4.69, 9.17) is 4.74 Å². The van der Waals surface area contributed by atoms with E-state index >= 15 is 0 Å². The van der Waals surface area contributed by atoms with Crippen molar-refractivity contribution < 1.29 is 14.6 Å². The molecule has 2 rings (SSSR count). The summed E-state index contributed by atoms with van der Waals surface area (Å²) in [5, 5.41) is 10.8. The lowest BCUT2D eigenvalue weighted by atomic mass is 9.87. The lowest BCUT2D eigenvalue weighted by Crippen LogP contribution is -2.36. The minimum absolute atomic E-state index is 0.0619. The first kappa shape index (κ1) is 12.1. The van der Waals surface area contributed by atoms with Gasteiger partial charge in [-0.15, -0.1) is 0 Å². The Kier molecular flexibility index (Phi) is 4.15. The predicted octanol–water partition coefficient (Wildman–Crippen LogP) is 1.51. The van der Waals surface area contributed by atoms with E-state index in [1.54, 1.807) is 0 Å². The van der Waals surface area contributed by atoms with Crippen LogP contribution in [0.15, 0.2) is 30.3 Å². The third kappa shape index (κ3) is 3.56. The Morgan fingerprint density at radius 1 is 1.29 bits per heavy atom. The van der Waals surface area contributed by atoms with Crippen molar-refractivity contribution in [1.82, 2.24) is 0 Å². The van der Waals surface area contributed by atoms with Gasteiger partial charge in [0.1, 0.15) is 0 Å². The van der Waals surface area contributed by atoms with Crippen molar-refractivity contribution in [3.8, 4) is 0 Å². The van der Waals surface area contributed by atoms with Crippen LogP contribution < -0.4 is 5.11 Å². The highest BCUT2D eigenvalue weighted by atomic mass is 16.5. The van der Waals surface area contributed by atoms with Crippen molar-refractivity contribution in [3.05, 3.63) is 35.9 Å². The number of hydrogen-bond acceptors (Lipinski definition) is 3. The Labute approximate surface area is 101 Å². The van der Waals surface area contributed by atoms with Crippen molar-refractivity contribution in [1.29, 1.82) is 0 Å². The molecule has 3 nitrogen and oxygen atoms in total. The maximum atomic E-state index is 10.8. The van der Waals surface area contributed by atoms with E-state index in [0.717, 1.165) is 24.8 Å². The molecule has 17 heavy (non-hydrogen) atoms. The van der Waals surface area contributed by atoms with Crippen LogP contribution in [0.2, 0.25) is 0 Å². The van der Waals surface area contributed by atoms with Gasteiger partial charge < -0.3 is 14.6 Å². The molecule has 1 aliphatic rings. The topological polar surface area (TPSA) is 49.4 Å². The minimum atomic E-state index is -0.932. The average Bonchev–Trinajstić information content (AvgIpc) is 2.38. The van der Waals surface area contributed by atoms with Gasteiger partial charge in [-0.2, -0.15) is 0 Å². The molecule has 0 radical (unpaired) electrons. The van der Waals surface area contributed by atoms with Gasteiger partial charge in [0.2, 0.25) is 0 Å². The second kappa shape index (κ2) is 5.82. The number of carboxylic acids is 1. The molecule has 1 aromatic carbocycles. The van der Waals surface area contributed by atoms with Crippen molar-refractivity contribution in [2.24, 2.45) is 5.92 Å². The van der Waals surface area contributed by atoms with E-state index in [2.05, 4.69) is 0 Å². The molecule has 1 unspecified atom stereocenters. The quantitative estimate of drug-likeness (QED) is 0.792. The molecule has 1 aliphatic carbocycles. The molecule has 1 saturated carbocycles. The average molecular weight is 233 g/mol. The van der Waals surface area contributed by atoms with Gasteiger partial charge in [0.05, 0.1) is 12.7 Å². The summed E-state index contributed by atoms with van der Waals surface area (Å²) in [7, 11) is 0. The zero-order chi connectivity index (χ0) is 12.1. The third-order valence-corrected chi connectivity index (χ3v) is 3.29. The van der Waals surface area contributed by atoms with E-state index in [9.17, 15) is 9.90 Å². The zero-order valence-electron chi connectivity index (χ0n) is 9.80. The fourth-order valence-electron chi connectivity index (χ4n) is 2.30. The van der Waals surface area contributed by atoms with Crippen LogP contribution in [0.3, 0.4) is 0 Å². The molecule has 1 fully saturated rings. The largest absolute Gasteiger partial charge is 0.550 e. The van der Waals surface area contributed by atoms with Gasteiger partial charge in [-0.05, 0) is 24.8 Å². The standard InChI is InChI=1S/C14H18O3/c15-14(16)12-7-4-8-13(9-12)17-10-11-5-2-1-3-6-11/h1-3,5-6,12-13H,4,7-10H2,(H,15,16)/p-1/t12?,13-/m0/s1. The van der Waals surface area contributed by atoms with Gasteiger partial charge in [0, 0.05) is 11.9 Å². The Morgan fingerprint density at radius 3 is 2.76 bits per heavy atom. The fraction of sp³-hybridized carbons (Fsp3) is 0.500. The molecule has 1 aromatic rings. The Balaban J connectivity index is 1.81. The Hall–Kier alpha value is -1.35. The van der Waals surface area contributed by atoms with E-state index in [1.807, 2.05) is 30.3 Å². The van der Waals surface area contributed by atoms with E-state index < -0.39 is 5.97 Å². The van der Waals surface area contributed by atoms with Crippen molar-refractivity contribution in [3.63, 3.8) is 0 Å². The Bertz CT molecular complexity index is 361. The molecule has 3 heteroatoms. The molecule has 2 atom stereocenters. The first-order chi connectivity index (χ1) is 8.25. The van der Waals surface area contributed by atoms with Gasteiger partial charge in [-0.1, -0.05) is 36.8 Å². The molecule has 0 N–H and O–H groups in total. The molecule has 92 valence electrons. The van der Waals surface area contributed by atoms with E-state index in [1.165, 1.54) is 0 Å². The smallest absolute Gasteiger partial charge is 0.0720 e. The molecule has 0 spiro atoms. The van der Waals surface area contributed by atoms with Gasteiger partial charge >= 0.3 is 0 Å². The van der Waals surface area contributed by atoms with Crippen LogP contribution >= 0.6 is 0 Å². The number of carbonyl (C=O) groups excluding carboxylic acids is 1. The number of ether oxygens (including phenoxy) is 1. The van der Waals surface area contributed by atoms with Gasteiger partial charge in [0.25, 0.3) is 0 Å². The minimum Gasteiger partial charge on any atom is -0.550 e. The van der Waals surface area contributed by atoms with Crippen molar-refractivity contribution >= 4 is 5.97 Å². The predicted molar refractivity (Wildman–Crippen MR) is 62.0 cm³/mol. The second-order valence-corrected chi connectivity index (χ2v) is 4.60. The second-order valence-electron chi connectivity index (χ2n) is 4.60. The molecule has 0 amide bonds. The van der Waals surface area contributed by atoms with Crippen molar-refractivity contribution in [2.75, 3.05) is 0 Å². The number of hydrogen-bond donors (Lipinski definition) is 0. The maximum Gasteiger partial charge on any atom is 0.0720 e. The fourth-order valence-corrected chi connectivity index (χ4v) is 2.30. The normalized spacial score (nSPS) is 24.5. The molecule has 0 heterocycles. The summed E-state index contributed by atoms with van der Waals surface area (Å²) in [6.07, 6.45) is 3.25. The van der Waals surface area contributed by atoms with Crippen LogP contribution in [-0.4, -0.2) is 12.1 Å². The van der Waals surface area contributed by atoms with Gasteiger partial charge in [0.15, 0.2) is 0 Å². The highest BCUT2D eigenvalue weighted by Gasteiger charge is 2.23. The summed E-state index contributed by atoms with van der Waals surface area (Å²) in [5.41, 5.74) is 1.13. The summed E-state index contributed by atoms with van der Waals surface area (Å²) in [6, 6.07) is 9.95. The first-order valence-corrected chi connectivity index (χ1v) is 6.12. The van der Waals surface area contributed by atoms with Crippen molar-refractivity contribution in [2.45, 2.75) is 38.4 Å². The van der Waals surface area contributed by atoms with Crippen LogP contribution in [0, 0.1) is 5.92 Å². The van der Waals surface area contributed by atoms with E-state index in [0.29, 0.717) is 13.0 Å². The summed E-state index contributed by atoms with van der Waals surface area (Å²) >= 11 is 0.